The van der Waals surface area contributed by atoms with E-state index in [4.69, 9.17) is 0 Å². The minimum Gasteiger partial charge on any atom is -0.309 e. The molecule has 1 unspecified atom stereocenters. The zero-order chi connectivity index (χ0) is 25.4. The summed E-state index contributed by atoms with van der Waals surface area (Å²) < 4.78 is 15.5. The normalized spacial score (nSPS) is 11.8. The van der Waals surface area contributed by atoms with Gasteiger partial charge in [0, 0.05) is 32.1 Å². The van der Waals surface area contributed by atoms with Crippen molar-refractivity contribution in [2.75, 3.05) is 0 Å². The second-order valence-corrected chi connectivity index (χ2v) is 13.4. The van der Waals surface area contributed by atoms with Gasteiger partial charge in [0.05, 0.1) is 0 Å². The molecule has 0 N–H and O–H groups in total. The van der Waals surface area contributed by atoms with Crippen LogP contribution in [0.25, 0.3) is 32.5 Å². The van der Waals surface area contributed by atoms with Crippen LogP contribution in [0.2, 0.25) is 0 Å². The van der Waals surface area contributed by atoms with Crippen molar-refractivity contribution >= 4 is 42.0 Å². The highest BCUT2D eigenvalue weighted by Gasteiger charge is 2.33. The molecule has 0 fully saturated rings. The molecule has 0 bridgehead atoms. The lowest BCUT2D eigenvalue weighted by Crippen LogP contribution is -2.26. The van der Waals surface area contributed by atoms with Crippen molar-refractivity contribution in [2.24, 2.45) is 0 Å². The van der Waals surface area contributed by atoms with Crippen LogP contribution in [0.1, 0.15) is 11.1 Å². The summed E-state index contributed by atoms with van der Waals surface area (Å²) in [5, 5.41) is 7.67. The number of rotatable bonds is 5. The van der Waals surface area contributed by atoms with Crippen molar-refractivity contribution in [3.8, 4) is 21.7 Å². The Balaban J connectivity index is 1.73. The van der Waals surface area contributed by atoms with Crippen molar-refractivity contribution in [1.82, 2.24) is 0 Å². The Bertz CT molecular complexity index is 1710. The van der Waals surface area contributed by atoms with E-state index in [9.17, 15) is 0 Å². The molecule has 0 aliphatic rings. The Hall–Kier alpha value is -3.63. The number of hydrogen-bond donors (Lipinski definition) is 0. The van der Waals surface area contributed by atoms with E-state index in [0.29, 0.717) is 8.19 Å². The molecule has 1 atom stereocenters. The standard InChI is InChI=1S/C34H28OP2/c1-24-25(2)34(36-33(24)27-15-6-3-7-16-27)32-30-21-13-12-14-26(30)22-23-31(32)37(35,28-17-8-4-9-18-28)29-19-10-5-11-20-29/h3-23,36H,1-2H3. The Labute approximate surface area is 220 Å². The quantitative estimate of drug-likeness (QED) is 0.211. The van der Waals surface area contributed by atoms with Gasteiger partial charge in [0.25, 0.3) is 0 Å². The third kappa shape index (κ3) is 4.00. The second kappa shape index (κ2) is 9.68. The van der Waals surface area contributed by atoms with Crippen LogP contribution in [0.4, 0.5) is 0 Å². The average Bonchev–Trinajstić information content (AvgIpc) is 3.27. The van der Waals surface area contributed by atoms with Crippen LogP contribution >= 0.6 is 15.3 Å². The van der Waals surface area contributed by atoms with Gasteiger partial charge in [-0.25, -0.2) is 0 Å². The molecule has 6 aromatic rings. The van der Waals surface area contributed by atoms with Gasteiger partial charge in [-0.05, 0) is 47.4 Å². The largest absolute Gasteiger partial charge is 0.309 e. The van der Waals surface area contributed by atoms with E-state index in [-0.39, 0.29) is 0 Å². The van der Waals surface area contributed by atoms with Gasteiger partial charge in [0.1, 0.15) is 0 Å². The van der Waals surface area contributed by atoms with Gasteiger partial charge in [-0.2, -0.15) is 0 Å². The first-order chi connectivity index (χ1) is 18.1. The Kier molecular flexibility index (Phi) is 6.21. The number of hydrogen-bond acceptors (Lipinski definition) is 1. The average molecular weight is 515 g/mol. The maximum Gasteiger partial charge on any atom is 0.171 e. The molecule has 0 amide bonds. The minimum absolute atomic E-state index is 0.499. The van der Waals surface area contributed by atoms with Gasteiger partial charge in [-0.15, -0.1) is 8.19 Å². The summed E-state index contributed by atoms with van der Waals surface area (Å²) in [5.74, 6) is 0. The lowest BCUT2D eigenvalue weighted by Gasteiger charge is -2.24. The monoisotopic (exact) mass is 514 g/mol. The molecule has 180 valence electrons. The summed E-state index contributed by atoms with van der Waals surface area (Å²) in [4.78, 5) is 0. The fourth-order valence-corrected chi connectivity index (χ4v) is 10.00. The first kappa shape index (κ1) is 23.7. The Morgan fingerprint density at radius 3 is 1.68 bits per heavy atom. The molecule has 5 aromatic carbocycles. The van der Waals surface area contributed by atoms with Crippen LogP contribution < -0.4 is 15.9 Å². The van der Waals surface area contributed by atoms with E-state index < -0.39 is 7.14 Å². The summed E-state index contributed by atoms with van der Waals surface area (Å²) in [7, 11) is -2.66. The summed E-state index contributed by atoms with van der Waals surface area (Å²) in [6, 6.07) is 43.5. The Morgan fingerprint density at radius 1 is 0.541 bits per heavy atom. The second-order valence-electron chi connectivity index (χ2n) is 9.45. The van der Waals surface area contributed by atoms with E-state index in [1.165, 1.54) is 32.7 Å². The molecule has 1 nitrogen and oxygen atoms in total. The molecule has 1 aromatic heterocycles. The summed E-state index contributed by atoms with van der Waals surface area (Å²) in [5.41, 5.74) is 5.02. The summed E-state index contributed by atoms with van der Waals surface area (Å²) >= 11 is 0. The zero-order valence-electron chi connectivity index (χ0n) is 21.0. The van der Waals surface area contributed by atoms with E-state index in [0.717, 1.165) is 26.9 Å². The van der Waals surface area contributed by atoms with Crippen molar-refractivity contribution in [3.05, 3.63) is 139 Å². The number of benzene rings is 5. The molecule has 0 radical (unpaired) electrons. The predicted octanol–water partition coefficient (Wildman–Crippen LogP) is 8.46. The predicted molar refractivity (Wildman–Crippen MR) is 163 cm³/mol. The molecular weight excluding hydrogens is 486 g/mol. The molecule has 0 aliphatic heterocycles. The molecule has 1 heterocycles. The van der Waals surface area contributed by atoms with Crippen LogP contribution in [-0.4, -0.2) is 0 Å². The maximum absolute atomic E-state index is 15.5. The fraction of sp³-hybridized carbons (Fsp3) is 0.0588. The van der Waals surface area contributed by atoms with Crippen LogP contribution in [0.3, 0.4) is 0 Å². The van der Waals surface area contributed by atoms with E-state index in [1.54, 1.807) is 0 Å². The smallest absolute Gasteiger partial charge is 0.171 e. The highest BCUT2D eigenvalue weighted by Crippen LogP contribution is 2.52. The zero-order valence-corrected chi connectivity index (χ0v) is 22.9. The SMILES string of the molecule is Cc1c(-c2ccccc2)[pH]c(-c2c(P(=O)(c3ccccc3)c3ccccc3)ccc3ccccc23)c1C. The summed E-state index contributed by atoms with van der Waals surface area (Å²) in [6.45, 7) is 4.46. The van der Waals surface area contributed by atoms with Gasteiger partial charge in [-0.1, -0.05) is 121 Å². The molecular formula is C34H28OP2. The highest BCUT2D eigenvalue weighted by atomic mass is 31.2. The van der Waals surface area contributed by atoms with Crippen LogP contribution in [-0.2, 0) is 4.57 Å². The van der Waals surface area contributed by atoms with Crippen molar-refractivity contribution in [2.45, 2.75) is 13.8 Å². The molecule has 0 saturated heterocycles. The van der Waals surface area contributed by atoms with E-state index in [1.807, 2.05) is 60.7 Å². The molecule has 6 rings (SSSR count). The molecule has 0 spiro atoms. The van der Waals surface area contributed by atoms with Crippen molar-refractivity contribution < 1.29 is 4.57 Å². The first-order valence-corrected chi connectivity index (χ1v) is 15.3. The van der Waals surface area contributed by atoms with Crippen LogP contribution in [0, 0.1) is 13.8 Å². The lowest BCUT2D eigenvalue weighted by molar-refractivity contribution is 0.592. The van der Waals surface area contributed by atoms with Crippen LogP contribution in [0.15, 0.2) is 127 Å². The molecule has 37 heavy (non-hydrogen) atoms. The van der Waals surface area contributed by atoms with E-state index in [2.05, 4.69) is 80.6 Å². The topological polar surface area (TPSA) is 17.1 Å². The van der Waals surface area contributed by atoms with Crippen molar-refractivity contribution in [1.29, 1.82) is 0 Å². The van der Waals surface area contributed by atoms with Gasteiger partial charge in [0.2, 0.25) is 0 Å². The van der Waals surface area contributed by atoms with E-state index >= 15 is 4.57 Å². The minimum atomic E-state index is -3.16. The molecule has 0 aliphatic carbocycles. The maximum atomic E-state index is 15.5. The Morgan fingerprint density at radius 2 is 1.05 bits per heavy atom. The first-order valence-electron chi connectivity index (χ1n) is 12.6. The van der Waals surface area contributed by atoms with Gasteiger partial charge in [-0.3, -0.25) is 0 Å². The van der Waals surface area contributed by atoms with Crippen LogP contribution in [0.5, 0.6) is 0 Å². The molecule has 3 heteroatoms. The van der Waals surface area contributed by atoms with Crippen molar-refractivity contribution in [3.63, 3.8) is 0 Å². The highest BCUT2D eigenvalue weighted by molar-refractivity contribution is 7.85. The lowest BCUT2D eigenvalue weighted by atomic mass is 9.99. The van der Waals surface area contributed by atoms with Gasteiger partial charge >= 0.3 is 0 Å². The fourth-order valence-electron chi connectivity index (χ4n) is 5.32. The van der Waals surface area contributed by atoms with Gasteiger partial charge < -0.3 is 4.57 Å². The summed E-state index contributed by atoms with van der Waals surface area (Å²) in [6.07, 6.45) is 0. The molecule has 0 saturated carbocycles. The van der Waals surface area contributed by atoms with Gasteiger partial charge in [0.15, 0.2) is 7.14 Å². The number of fused-ring (bicyclic) bond motifs is 1. The third-order valence-corrected chi connectivity index (χ3v) is 12.3. The third-order valence-electron chi connectivity index (χ3n) is 7.36.